The van der Waals surface area contributed by atoms with Crippen molar-refractivity contribution in [3.05, 3.63) is 47.3 Å². The van der Waals surface area contributed by atoms with Crippen LogP contribution in [0.15, 0.2) is 30.5 Å². The molecule has 0 bridgehead atoms. The largest absolute Gasteiger partial charge is 0.324 e. The summed E-state index contributed by atoms with van der Waals surface area (Å²) in [6.45, 7) is 5.13. The molecule has 1 N–H and O–H groups in total. The van der Waals surface area contributed by atoms with Crippen LogP contribution in [0.1, 0.15) is 30.2 Å². The fourth-order valence-electron chi connectivity index (χ4n) is 3.64. The summed E-state index contributed by atoms with van der Waals surface area (Å²) >= 11 is 0. The van der Waals surface area contributed by atoms with Crippen LogP contribution in [-0.2, 0) is 13.0 Å². The van der Waals surface area contributed by atoms with Gasteiger partial charge in [0.05, 0.1) is 23.9 Å². The number of aromatic nitrogens is 2. The van der Waals surface area contributed by atoms with Gasteiger partial charge in [-0.2, -0.15) is 5.26 Å². The lowest BCUT2D eigenvalue weighted by molar-refractivity contribution is 0.155. The van der Waals surface area contributed by atoms with Crippen molar-refractivity contribution in [2.24, 2.45) is 5.92 Å². The highest BCUT2D eigenvalue weighted by molar-refractivity contribution is 5.75. The molecule has 1 fully saturated rings. The summed E-state index contributed by atoms with van der Waals surface area (Å²) in [5.74, 6) is 1.10. The summed E-state index contributed by atoms with van der Waals surface area (Å²) in [6, 6.07) is 9.46. The van der Waals surface area contributed by atoms with Crippen molar-refractivity contribution in [2.45, 2.75) is 26.3 Å². The molecule has 2 aromatic rings. The minimum atomic E-state index is 0.125. The minimum absolute atomic E-state index is 0.125. The topological polar surface area (TPSA) is 85.2 Å². The van der Waals surface area contributed by atoms with Gasteiger partial charge in [-0.25, -0.2) is 14.8 Å². The first kappa shape index (κ1) is 17.3. The Morgan fingerprint density at radius 1 is 1.33 bits per heavy atom. The average Bonchev–Trinajstić information content (AvgIpc) is 3.13. The van der Waals surface area contributed by atoms with Gasteiger partial charge < -0.3 is 15.1 Å². The molecule has 0 radical (unpaired) electrons. The van der Waals surface area contributed by atoms with Crippen LogP contribution in [0.4, 0.5) is 16.4 Å². The van der Waals surface area contributed by atoms with Crippen LogP contribution in [-0.4, -0.2) is 45.4 Å². The lowest BCUT2D eigenvalue weighted by Crippen LogP contribution is -2.44. The molecule has 2 aliphatic heterocycles. The summed E-state index contributed by atoms with van der Waals surface area (Å²) in [4.78, 5) is 25.5. The zero-order valence-electron chi connectivity index (χ0n) is 15.4. The number of carbonyl (C=O) groups excluding carboxylic acids is 1. The molecule has 0 spiro atoms. The van der Waals surface area contributed by atoms with Crippen LogP contribution < -0.4 is 5.32 Å². The zero-order chi connectivity index (χ0) is 18.8. The SMILES string of the molecule is CC1CCN(C(=O)N2CCc3nc(Nc4cccc(C#N)c4)ncc3C2)C1. The maximum absolute atomic E-state index is 12.7. The molecular weight excluding hydrogens is 340 g/mol. The molecular formula is C20H22N6O. The number of benzene rings is 1. The van der Waals surface area contributed by atoms with E-state index >= 15 is 0 Å². The highest BCUT2D eigenvalue weighted by atomic mass is 16.2. The lowest BCUT2D eigenvalue weighted by Gasteiger charge is -2.31. The Kier molecular flexibility index (Phi) is 4.63. The van der Waals surface area contributed by atoms with E-state index in [1.807, 2.05) is 21.9 Å². The van der Waals surface area contributed by atoms with Gasteiger partial charge in [-0.05, 0) is 30.5 Å². The second-order valence-electron chi connectivity index (χ2n) is 7.28. The second kappa shape index (κ2) is 7.23. The number of nitriles is 1. The number of hydrogen-bond acceptors (Lipinski definition) is 5. The van der Waals surface area contributed by atoms with Gasteiger partial charge in [0.25, 0.3) is 0 Å². The van der Waals surface area contributed by atoms with E-state index in [0.29, 0.717) is 30.5 Å². The smallest absolute Gasteiger partial charge is 0.320 e. The number of fused-ring (bicyclic) bond motifs is 1. The maximum Gasteiger partial charge on any atom is 0.320 e. The van der Waals surface area contributed by atoms with Crippen molar-refractivity contribution in [3.8, 4) is 6.07 Å². The monoisotopic (exact) mass is 362 g/mol. The van der Waals surface area contributed by atoms with Gasteiger partial charge in [-0.15, -0.1) is 0 Å². The lowest BCUT2D eigenvalue weighted by atomic mass is 10.1. The van der Waals surface area contributed by atoms with Crippen LogP contribution in [0.25, 0.3) is 0 Å². The third kappa shape index (κ3) is 3.70. The Hall–Kier alpha value is -3.14. The fourth-order valence-corrected chi connectivity index (χ4v) is 3.64. The molecule has 4 rings (SSSR count). The van der Waals surface area contributed by atoms with E-state index in [2.05, 4.69) is 28.3 Å². The van der Waals surface area contributed by atoms with Crippen molar-refractivity contribution < 1.29 is 4.79 Å². The second-order valence-corrected chi connectivity index (χ2v) is 7.28. The Bertz CT molecular complexity index is 906. The van der Waals surface area contributed by atoms with Crippen molar-refractivity contribution >= 4 is 17.7 Å². The van der Waals surface area contributed by atoms with E-state index in [1.165, 1.54) is 0 Å². The molecule has 1 unspecified atom stereocenters. The molecule has 0 aliphatic carbocycles. The highest BCUT2D eigenvalue weighted by Crippen LogP contribution is 2.23. The van der Waals surface area contributed by atoms with Gasteiger partial charge in [-0.1, -0.05) is 13.0 Å². The van der Waals surface area contributed by atoms with E-state index in [1.54, 1.807) is 18.3 Å². The molecule has 2 aliphatic rings. The number of likely N-dealkylation sites (tertiary alicyclic amines) is 1. The Morgan fingerprint density at radius 2 is 2.22 bits per heavy atom. The molecule has 1 saturated heterocycles. The molecule has 1 atom stereocenters. The van der Waals surface area contributed by atoms with Gasteiger partial charge in [0.1, 0.15) is 0 Å². The van der Waals surface area contributed by atoms with Crippen molar-refractivity contribution in [3.63, 3.8) is 0 Å². The molecule has 1 aromatic heterocycles. The zero-order valence-corrected chi connectivity index (χ0v) is 15.4. The molecule has 3 heterocycles. The number of anilines is 2. The van der Waals surface area contributed by atoms with E-state index in [9.17, 15) is 4.79 Å². The predicted molar refractivity (Wildman–Crippen MR) is 101 cm³/mol. The number of urea groups is 1. The molecule has 0 saturated carbocycles. The third-order valence-electron chi connectivity index (χ3n) is 5.15. The number of nitrogens with one attached hydrogen (secondary N) is 1. The van der Waals surface area contributed by atoms with Crippen LogP contribution in [0.2, 0.25) is 0 Å². The van der Waals surface area contributed by atoms with Crippen LogP contribution in [0.5, 0.6) is 0 Å². The quantitative estimate of drug-likeness (QED) is 0.888. The fraction of sp³-hybridized carbons (Fsp3) is 0.400. The number of nitrogens with zero attached hydrogens (tertiary/aromatic N) is 5. The first-order valence-corrected chi connectivity index (χ1v) is 9.28. The predicted octanol–water partition coefficient (Wildman–Crippen LogP) is 2.91. The van der Waals surface area contributed by atoms with Gasteiger partial charge in [0, 0.05) is 43.5 Å². The summed E-state index contributed by atoms with van der Waals surface area (Å²) in [5, 5.41) is 12.2. The summed E-state index contributed by atoms with van der Waals surface area (Å²) in [7, 11) is 0. The molecule has 138 valence electrons. The Labute approximate surface area is 158 Å². The van der Waals surface area contributed by atoms with Crippen LogP contribution >= 0.6 is 0 Å². The van der Waals surface area contributed by atoms with E-state index in [4.69, 9.17) is 5.26 Å². The first-order valence-electron chi connectivity index (χ1n) is 9.28. The van der Waals surface area contributed by atoms with Crippen molar-refractivity contribution in [2.75, 3.05) is 25.0 Å². The molecule has 2 amide bonds. The van der Waals surface area contributed by atoms with Crippen molar-refractivity contribution in [1.82, 2.24) is 19.8 Å². The summed E-state index contributed by atoms with van der Waals surface area (Å²) in [6.07, 6.45) is 3.60. The Balaban J connectivity index is 1.45. The summed E-state index contributed by atoms with van der Waals surface area (Å²) in [5.41, 5.74) is 3.34. The minimum Gasteiger partial charge on any atom is -0.324 e. The summed E-state index contributed by atoms with van der Waals surface area (Å²) < 4.78 is 0. The molecule has 7 nitrogen and oxygen atoms in total. The first-order chi connectivity index (χ1) is 13.1. The highest BCUT2D eigenvalue weighted by Gasteiger charge is 2.29. The van der Waals surface area contributed by atoms with Crippen LogP contribution in [0.3, 0.4) is 0 Å². The van der Waals surface area contributed by atoms with E-state index < -0.39 is 0 Å². The van der Waals surface area contributed by atoms with E-state index in [0.717, 1.165) is 42.9 Å². The third-order valence-corrected chi connectivity index (χ3v) is 5.15. The molecule has 1 aromatic carbocycles. The van der Waals surface area contributed by atoms with Crippen LogP contribution in [0, 0.1) is 17.2 Å². The average molecular weight is 362 g/mol. The van der Waals surface area contributed by atoms with Crippen molar-refractivity contribution in [1.29, 1.82) is 5.26 Å². The van der Waals surface area contributed by atoms with Gasteiger partial charge in [0.2, 0.25) is 5.95 Å². The molecule has 27 heavy (non-hydrogen) atoms. The number of hydrogen-bond donors (Lipinski definition) is 1. The van der Waals surface area contributed by atoms with Gasteiger partial charge in [-0.3, -0.25) is 0 Å². The normalized spacial score (nSPS) is 18.7. The number of rotatable bonds is 2. The maximum atomic E-state index is 12.7. The van der Waals surface area contributed by atoms with E-state index in [-0.39, 0.29) is 6.03 Å². The van der Waals surface area contributed by atoms with Gasteiger partial charge in [0.15, 0.2) is 0 Å². The number of carbonyl (C=O) groups is 1. The number of amides is 2. The Morgan fingerprint density at radius 3 is 3.00 bits per heavy atom. The van der Waals surface area contributed by atoms with Gasteiger partial charge >= 0.3 is 6.03 Å². The standard InChI is InChI=1S/C20H22N6O/c1-14-5-7-25(12-14)20(27)26-8-6-18-16(13-26)11-22-19(24-18)23-17-4-2-3-15(9-17)10-21/h2-4,9,11,14H,5-8,12-13H2,1H3,(H,22,23,24). The molecule has 7 heteroatoms.